The molecule has 1 saturated heterocycles. The smallest absolute Gasteiger partial charge is 0.409 e. The van der Waals surface area contributed by atoms with Crippen LogP contribution in [-0.4, -0.2) is 54.0 Å². The average Bonchev–Trinajstić information content (AvgIpc) is 2.45. The molecule has 5 heteroatoms. The van der Waals surface area contributed by atoms with Crippen LogP contribution < -0.4 is 5.32 Å². The van der Waals surface area contributed by atoms with Gasteiger partial charge in [0.2, 0.25) is 0 Å². The van der Waals surface area contributed by atoms with Gasteiger partial charge in [-0.25, -0.2) is 4.79 Å². The van der Waals surface area contributed by atoms with Gasteiger partial charge in [-0.2, -0.15) is 0 Å². The Kier molecular flexibility index (Phi) is 6.76. The Morgan fingerprint density at radius 1 is 1.45 bits per heavy atom. The highest BCUT2D eigenvalue weighted by atomic mass is 16.6. The number of carbonyl (C=O) groups is 1. The molecule has 1 unspecified atom stereocenters. The molecule has 2 N–H and O–H groups in total. The maximum Gasteiger partial charge on any atom is 0.409 e. The summed E-state index contributed by atoms with van der Waals surface area (Å²) in [5.74, 6) is 0.368. The first-order valence-electron chi connectivity index (χ1n) is 7.70. The minimum Gasteiger partial charge on any atom is -0.449 e. The monoisotopic (exact) mass is 286 g/mol. The summed E-state index contributed by atoms with van der Waals surface area (Å²) < 4.78 is 5.25. The second kappa shape index (κ2) is 7.84. The van der Waals surface area contributed by atoms with Crippen molar-refractivity contribution >= 4 is 6.09 Å². The quantitative estimate of drug-likeness (QED) is 0.784. The molecule has 1 aliphatic rings. The zero-order valence-electron chi connectivity index (χ0n) is 13.3. The number of amides is 1. The number of hydrogen-bond donors (Lipinski definition) is 2. The summed E-state index contributed by atoms with van der Waals surface area (Å²) in [6.45, 7) is 10.2. The Balaban J connectivity index is 2.34. The molecule has 1 aliphatic heterocycles. The predicted molar refractivity (Wildman–Crippen MR) is 79.7 cm³/mol. The minimum atomic E-state index is -0.217. The number of aliphatic hydroxyl groups is 1. The van der Waals surface area contributed by atoms with Crippen molar-refractivity contribution in [3.63, 3.8) is 0 Å². The van der Waals surface area contributed by atoms with Crippen LogP contribution in [0.3, 0.4) is 0 Å². The van der Waals surface area contributed by atoms with E-state index in [0.717, 1.165) is 32.4 Å². The largest absolute Gasteiger partial charge is 0.449 e. The van der Waals surface area contributed by atoms with Crippen LogP contribution in [0.1, 0.15) is 47.0 Å². The predicted octanol–water partition coefficient (Wildman–Crippen LogP) is 1.99. The minimum absolute atomic E-state index is 0.139. The van der Waals surface area contributed by atoms with Crippen LogP contribution in [0, 0.1) is 5.92 Å². The van der Waals surface area contributed by atoms with E-state index in [-0.39, 0.29) is 18.2 Å². The number of rotatable bonds is 6. The Hall–Kier alpha value is -0.810. The molecule has 0 spiro atoms. The molecule has 0 aromatic carbocycles. The Morgan fingerprint density at radius 3 is 2.50 bits per heavy atom. The molecule has 0 aliphatic carbocycles. The van der Waals surface area contributed by atoms with Crippen molar-refractivity contribution in [2.45, 2.75) is 58.5 Å². The van der Waals surface area contributed by atoms with E-state index < -0.39 is 0 Å². The normalized spacial score (nSPS) is 20.0. The van der Waals surface area contributed by atoms with E-state index in [1.807, 2.05) is 20.8 Å². The van der Waals surface area contributed by atoms with E-state index in [1.165, 1.54) is 0 Å². The van der Waals surface area contributed by atoms with Crippen molar-refractivity contribution in [2.75, 3.05) is 26.3 Å². The Labute approximate surface area is 122 Å². The second-order valence-corrected chi connectivity index (χ2v) is 6.45. The molecule has 1 amide bonds. The third-order valence-electron chi connectivity index (χ3n) is 3.98. The molecule has 1 atom stereocenters. The van der Waals surface area contributed by atoms with E-state index in [0.29, 0.717) is 18.6 Å². The maximum absolute atomic E-state index is 11.9. The molecular formula is C15H30N2O3. The van der Waals surface area contributed by atoms with Crippen molar-refractivity contribution in [3.05, 3.63) is 0 Å². The SMILES string of the molecule is CCC(C)(CO)NC1CCN(C(=O)OCC(C)C)CC1. The third-order valence-corrected chi connectivity index (χ3v) is 3.98. The zero-order chi connectivity index (χ0) is 15.2. The van der Waals surface area contributed by atoms with Gasteiger partial charge in [0, 0.05) is 24.7 Å². The van der Waals surface area contributed by atoms with Gasteiger partial charge >= 0.3 is 6.09 Å². The van der Waals surface area contributed by atoms with E-state index in [2.05, 4.69) is 12.2 Å². The van der Waals surface area contributed by atoms with Crippen LogP contribution in [-0.2, 0) is 4.74 Å². The van der Waals surface area contributed by atoms with Crippen molar-refractivity contribution < 1.29 is 14.6 Å². The summed E-state index contributed by atoms with van der Waals surface area (Å²) in [6, 6.07) is 0.362. The number of piperidine rings is 1. The summed E-state index contributed by atoms with van der Waals surface area (Å²) in [5, 5.41) is 12.9. The first kappa shape index (κ1) is 17.2. The third kappa shape index (κ3) is 5.29. The molecule has 0 radical (unpaired) electrons. The number of hydrogen-bond acceptors (Lipinski definition) is 4. The van der Waals surface area contributed by atoms with Crippen LogP contribution in [0.2, 0.25) is 0 Å². The van der Waals surface area contributed by atoms with Crippen LogP contribution in [0.25, 0.3) is 0 Å². The number of aliphatic hydroxyl groups excluding tert-OH is 1. The first-order chi connectivity index (χ1) is 9.40. The molecule has 1 heterocycles. The van der Waals surface area contributed by atoms with Gasteiger partial charge in [0.05, 0.1) is 13.2 Å². The summed E-state index contributed by atoms with van der Waals surface area (Å²) in [7, 11) is 0. The highest BCUT2D eigenvalue weighted by molar-refractivity contribution is 5.67. The van der Waals surface area contributed by atoms with E-state index in [9.17, 15) is 9.90 Å². The molecule has 118 valence electrons. The number of carbonyl (C=O) groups excluding carboxylic acids is 1. The van der Waals surface area contributed by atoms with Crippen molar-refractivity contribution in [1.29, 1.82) is 0 Å². The molecule has 20 heavy (non-hydrogen) atoms. The summed E-state index contributed by atoms with van der Waals surface area (Å²) in [6.07, 6.45) is 2.51. The van der Waals surface area contributed by atoms with Gasteiger partial charge in [0.15, 0.2) is 0 Å². The second-order valence-electron chi connectivity index (χ2n) is 6.45. The fourth-order valence-electron chi connectivity index (χ4n) is 2.29. The molecule has 5 nitrogen and oxygen atoms in total. The Morgan fingerprint density at radius 2 is 2.05 bits per heavy atom. The topological polar surface area (TPSA) is 61.8 Å². The first-order valence-corrected chi connectivity index (χ1v) is 7.70. The Bertz CT molecular complexity index is 295. The van der Waals surface area contributed by atoms with Gasteiger partial charge in [-0.3, -0.25) is 0 Å². The van der Waals surface area contributed by atoms with Crippen molar-refractivity contribution in [1.82, 2.24) is 10.2 Å². The van der Waals surface area contributed by atoms with Crippen LogP contribution >= 0.6 is 0 Å². The average molecular weight is 286 g/mol. The van der Waals surface area contributed by atoms with Crippen LogP contribution in [0.5, 0.6) is 0 Å². The summed E-state index contributed by atoms with van der Waals surface area (Å²) in [4.78, 5) is 13.6. The number of nitrogens with zero attached hydrogens (tertiary/aromatic N) is 1. The van der Waals surface area contributed by atoms with E-state index in [4.69, 9.17) is 4.74 Å². The van der Waals surface area contributed by atoms with Gasteiger partial charge in [-0.15, -0.1) is 0 Å². The van der Waals surface area contributed by atoms with Crippen LogP contribution in [0.4, 0.5) is 4.79 Å². The highest BCUT2D eigenvalue weighted by Crippen LogP contribution is 2.17. The van der Waals surface area contributed by atoms with Gasteiger partial charge in [0.1, 0.15) is 0 Å². The van der Waals surface area contributed by atoms with Gasteiger partial charge in [-0.05, 0) is 32.1 Å². The summed E-state index contributed by atoms with van der Waals surface area (Å²) in [5.41, 5.74) is -0.217. The number of likely N-dealkylation sites (tertiary alicyclic amines) is 1. The standard InChI is InChI=1S/C15H30N2O3/c1-5-15(4,11-18)16-13-6-8-17(9-7-13)14(19)20-10-12(2)3/h12-13,16,18H,5-11H2,1-4H3. The fourth-order valence-corrected chi connectivity index (χ4v) is 2.29. The molecule has 0 bridgehead atoms. The van der Waals surface area contributed by atoms with Gasteiger partial charge in [0.25, 0.3) is 0 Å². The van der Waals surface area contributed by atoms with E-state index >= 15 is 0 Å². The summed E-state index contributed by atoms with van der Waals surface area (Å²) >= 11 is 0. The lowest BCUT2D eigenvalue weighted by Crippen LogP contribution is -2.54. The van der Waals surface area contributed by atoms with E-state index in [1.54, 1.807) is 4.90 Å². The lowest BCUT2D eigenvalue weighted by Gasteiger charge is -2.37. The maximum atomic E-state index is 11.9. The molecule has 1 rings (SSSR count). The number of ether oxygens (including phenoxy) is 1. The lowest BCUT2D eigenvalue weighted by molar-refractivity contribution is 0.0760. The van der Waals surface area contributed by atoms with Gasteiger partial charge in [-0.1, -0.05) is 20.8 Å². The fraction of sp³-hybridized carbons (Fsp3) is 0.933. The van der Waals surface area contributed by atoms with Crippen LogP contribution in [0.15, 0.2) is 0 Å². The zero-order valence-corrected chi connectivity index (χ0v) is 13.3. The highest BCUT2D eigenvalue weighted by Gasteiger charge is 2.29. The van der Waals surface area contributed by atoms with Gasteiger partial charge < -0.3 is 20.1 Å². The molecule has 1 fully saturated rings. The molecule has 0 aromatic rings. The molecule has 0 aromatic heterocycles. The lowest BCUT2D eigenvalue weighted by atomic mass is 9.95. The van der Waals surface area contributed by atoms with Crippen molar-refractivity contribution in [3.8, 4) is 0 Å². The number of nitrogens with one attached hydrogen (secondary N) is 1. The molecule has 0 saturated carbocycles. The molecular weight excluding hydrogens is 256 g/mol. The van der Waals surface area contributed by atoms with Crippen molar-refractivity contribution in [2.24, 2.45) is 5.92 Å².